The van der Waals surface area contributed by atoms with E-state index in [9.17, 15) is 23.2 Å². The third-order valence-corrected chi connectivity index (χ3v) is 5.76. The largest absolute Gasteiger partial charge is 0.492 e. The van der Waals surface area contributed by atoms with Gasteiger partial charge in [0.25, 0.3) is 11.8 Å². The lowest BCUT2D eigenvalue weighted by Gasteiger charge is -2.31. The SMILES string of the molecule is O=C1CCC(N2Cc3cc(OCCN4CCC(F)(F)CC4)ccc3C2=O)C(=O)N1. The molecule has 1 aromatic carbocycles. The molecule has 0 aromatic heterocycles. The second kappa shape index (κ2) is 7.70. The number of alkyl halides is 2. The number of hydrogen-bond acceptors (Lipinski definition) is 5. The topological polar surface area (TPSA) is 79.0 Å². The molecule has 0 bridgehead atoms. The summed E-state index contributed by atoms with van der Waals surface area (Å²) >= 11 is 0. The highest BCUT2D eigenvalue weighted by atomic mass is 19.3. The molecule has 3 aliphatic heterocycles. The van der Waals surface area contributed by atoms with Crippen molar-refractivity contribution in [3.05, 3.63) is 29.3 Å². The van der Waals surface area contributed by atoms with Crippen LogP contribution in [0.2, 0.25) is 0 Å². The molecule has 1 unspecified atom stereocenters. The Morgan fingerprint density at radius 3 is 2.66 bits per heavy atom. The lowest BCUT2D eigenvalue weighted by Crippen LogP contribution is -2.52. The summed E-state index contributed by atoms with van der Waals surface area (Å²) in [6.07, 6.45) is 0.296. The summed E-state index contributed by atoms with van der Waals surface area (Å²) in [5.74, 6) is -2.94. The number of ether oxygens (including phenoxy) is 1. The Balaban J connectivity index is 1.33. The zero-order chi connectivity index (χ0) is 20.6. The highest BCUT2D eigenvalue weighted by Gasteiger charge is 2.39. The molecule has 0 radical (unpaired) electrons. The Labute approximate surface area is 167 Å². The maximum atomic E-state index is 13.2. The smallest absolute Gasteiger partial charge is 0.255 e. The van der Waals surface area contributed by atoms with Crippen LogP contribution in [0.25, 0.3) is 0 Å². The third-order valence-electron chi connectivity index (χ3n) is 5.76. The zero-order valence-corrected chi connectivity index (χ0v) is 16.0. The number of amides is 3. The molecule has 7 nitrogen and oxygen atoms in total. The summed E-state index contributed by atoms with van der Waals surface area (Å²) in [6.45, 7) is 1.94. The van der Waals surface area contributed by atoms with Crippen LogP contribution < -0.4 is 10.1 Å². The molecular weight excluding hydrogens is 384 g/mol. The number of piperidine rings is 2. The van der Waals surface area contributed by atoms with Crippen LogP contribution in [-0.2, 0) is 16.1 Å². The van der Waals surface area contributed by atoms with Gasteiger partial charge in [-0.25, -0.2) is 8.78 Å². The van der Waals surface area contributed by atoms with Gasteiger partial charge in [-0.15, -0.1) is 0 Å². The van der Waals surface area contributed by atoms with Gasteiger partial charge in [-0.05, 0) is 30.2 Å². The molecule has 3 amide bonds. The fourth-order valence-corrected chi connectivity index (χ4v) is 4.04. The first-order valence-corrected chi connectivity index (χ1v) is 9.83. The molecule has 1 atom stereocenters. The standard InChI is InChI=1S/C20H23F2N3O4/c21-20(22)5-7-24(8-6-20)9-10-29-14-1-2-15-13(11-14)12-25(19(15)28)16-3-4-17(26)23-18(16)27/h1-2,11,16H,3-10,12H2,(H,23,26,27). The van der Waals surface area contributed by atoms with Gasteiger partial charge in [0, 0.05) is 51.0 Å². The fourth-order valence-electron chi connectivity index (χ4n) is 4.04. The lowest BCUT2D eigenvalue weighted by molar-refractivity contribution is -0.136. The van der Waals surface area contributed by atoms with E-state index in [4.69, 9.17) is 4.74 Å². The minimum atomic E-state index is -2.56. The highest BCUT2D eigenvalue weighted by Crippen LogP contribution is 2.30. The monoisotopic (exact) mass is 407 g/mol. The summed E-state index contributed by atoms with van der Waals surface area (Å²) in [7, 11) is 0. The number of fused-ring (bicyclic) bond motifs is 1. The number of nitrogens with one attached hydrogen (secondary N) is 1. The van der Waals surface area contributed by atoms with Gasteiger partial charge in [0.1, 0.15) is 18.4 Å². The summed E-state index contributed by atoms with van der Waals surface area (Å²) < 4.78 is 32.2. The van der Waals surface area contributed by atoms with E-state index in [1.807, 2.05) is 4.90 Å². The van der Waals surface area contributed by atoms with Crippen molar-refractivity contribution in [2.45, 2.75) is 44.2 Å². The number of imide groups is 1. The zero-order valence-electron chi connectivity index (χ0n) is 16.0. The lowest BCUT2D eigenvalue weighted by atomic mass is 10.0. The van der Waals surface area contributed by atoms with Crippen LogP contribution in [0.5, 0.6) is 5.75 Å². The predicted molar refractivity (Wildman–Crippen MR) is 98.6 cm³/mol. The van der Waals surface area contributed by atoms with Crippen molar-refractivity contribution in [1.29, 1.82) is 0 Å². The van der Waals surface area contributed by atoms with Crippen molar-refractivity contribution in [3.63, 3.8) is 0 Å². The normalized spacial score (nSPS) is 24.4. The van der Waals surface area contributed by atoms with Crippen molar-refractivity contribution in [2.75, 3.05) is 26.2 Å². The van der Waals surface area contributed by atoms with Crippen LogP contribution >= 0.6 is 0 Å². The number of halogens is 2. The Morgan fingerprint density at radius 2 is 1.93 bits per heavy atom. The van der Waals surface area contributed by atoms with E-state index in [0.29, 0.717) is 50.5 Å². The number of carbonyl (C=O) groups excluding carboxylic acids is 3. The summed E-state index contributed by atoms with van der Waals surface area (Å²) in [6, 6.07) is 4.52. The van der Waals surface area contributed by atoms with Gasteiger partial charge >= 0.3 is 0 Å². The number of carbonyl (C=O) groups is 3. The number of likely N-dealkylation sites (tertiary alicyclic amines) is 1. The minimum Gasteiger partial charge on any atom is -0.492 e. The van der Waals surface area contributed by atoms with E-state index in [2.05, 4.69) is 5.32 Å². The second-order valence-corrected chi connectivity index (χ2v) is 7.76. The van der Waals surface area contributed by atoms with E-state index < -0.39 is 17.9 Å². The minimum absolute atomic E-state index is 0.121. The van der Waals surface area contributed by atoms with Crippen LogP contribution in [0.3, 0.4) is 0 Å². The van der Waals surface area contributed by atoms with Gasteiger partial charge in [-0.3, -0.25) is 24.6 Å². The van der Waals surface area contributed by atoms with Gasteiger partial charge in [0.2, 0.25) is 11.8 Å². The van der Waals surface area contributed by atoms with Gasteiger partial charge in [-0.1, -0.05) is 0 Å². The van der Waals surface area contributed by atoms with Crippen molar-refractivity contribution in [2.24, 2.45) is 0 Å². The van der Waals surface area contributed by atoms with Crippen LogP contribution in [0.1, 0.15) is 41.6 Å². The first-order valence-electron chi connectivity index (χ1n) is 9.83. The number of hydrogen-bond donors (Lipinski definition) is 1. The Kier molecular flexibility index (Phi) is 5.24. The van der Waals surface area contributed by atoms with Crippen LogP contribution in [0, 0.1) is 0 Å². The molecule has 2 saturated heterocycles. The van der Waals surface area contributed by atoms with E-state index in [-0.39, 0.29) is 31.1 Å². The maximum absolute atomic E-state index is 13.2. The fraction of sp³-hybridized carbons (Fsp3) is 0.550. The quantitative estimate of drug-likeness (QED) is 0.750. The number of rotatable bonds is 5. The average Bonchev–Trinajstić information content (AvgIpc) is 2.99. The molecule has 1 aromatic rings. The van der Waals surface area contributed by atoms with Crippen molar-refractivity contribution in [1.82, 2.24) is 15.1 Å². The number of nitrogens with zero attached hydrogens (tertiary/aromatic N) is 2. The van der Waals surface area contributed by atoms with Crippen molar-refractivity contribution >= 4 is 17.7 Å². The second-order valence-electron chi connectivity index (χ2n) is 7.76. The van der Waals surface area contributed by atoms with Crippen molar-refractivity contribution < 1.29 is 27.9 Å². The summed E-state index contributed by atoms with van der Waals surface area (Å²) in [5.41, 5.74) is 1.30. The Hall–Kier alpha value is -2.55. The predicted octanol–water partition coefficient (Wildman–Crippen LogP) is 1.56. The molecule has 0 saturated carbocycles. The molecule has 29 heavy (non-hydrogen) atoms. The summed E-state index contributed by atoms with van der Waals surface area (Å²) in [5, 5.41) is 2.28. The molecular formula is C20H23F2N3O4. The molecule has 1 N–H and O–H groups in total. The van der Waals surface area contributed by atoms with Gasteiger partial charge in [0.05, 0.1) is 0 Å². The van der Waals surface area contributed by atoms with Gasteiger partial charge in [0.15, 0.2) is 0 Å². The molecule has 9 heteroatoms. The molecule has 4 rings (SSSR count). The molecule has 3 aliphatic rings. The molecule has 2 fully saturated rings. The van der Waals surface area contributed by atoms with Crippen LogP contribution in [-0.4, -0.2) is 65.7 Å². The Bertz CT molecular complexity index is 835. The molecule has 3 heterocycles. The molecule has 0 aliphatic carbocycles. The van der Waals surface area contributed by atoms with Gasteiger partial charge in [-0.2, -0.15) is 0 Å². The van der Waals surface area contributed by atoms with Gasteiger partial charge < -0.3 is 9.64 Å². The average molecular weight is 407 g/mol. The van der Waals surface area contributed by atoms with E-state index in [0.717, 1.165) is 5.56 Å². The van der Waals surface area contributed by atoms with Crippen LogP contribution in [0.15, 0.2) is 18.2 Å². The molecule has 0 spiro atoms. The maximum Gasteiger partial charge on any atom is 0.255 e. The highest BCUT2D eigenvalue weighted by molar-refractivity contribution is 6.05. The van der Waals surface area contributed by atoms with Crippen molar-refractivity contribution in [3.8, 4) is 5.75 Å². The van der Waals surface area contributed by atoms with Crippen LogP contribution in [0.4, 0.5) is 8.78 Å². The van der Waals surface area contributed by atoms with E-state index >= 15 is 0 Å². The van der Waals surface area contributed by atoms with E-state index in [1.165, 1.54) is 4.90 Å². The molecule has 156 valence electrons. The first kappa shape index (κ1) is 19.8. The first-order chi connectivity index (χ1) is 13.8. The van der Waals surface area contributed by atoms with E-state index in [1.54, 1.807) is 18.2 Å². The Morgan fingerprint density at radius 1 is 1.17 bits per heavy atom. The summed E-state index contributed by atoms with van der Waals surface area (Å²) in [4.78, 5) is 39.5. The number of benzene rings is 1. The third kappa shape index (κ3) is 4.24.